The molecule has 1 aromatic rings. The minimum atomic E-state index is 0.334. The first-order valence-corrected chi connectivity index (χ1v) is 6.39. The summed E-state index contributed by atoms with van der Waals surface area (Å²) in [5.41, 5.74) is 3.90. The Morgan fingerprint density at radius 1 is 1.77 bits per heavy atom. The van der Waals surface area contributed by atoms with Crippen molar-refractivity contribution in [2.24, 2.45) is 5.84 Å². The summed E-state index contributed by atoms with van der Waals surface area (Å²) in [6, 6.07) is 0.334. The zero-order chi connectivity index (χ0) is 9.68. The first kappa shape index (κ1) is 11.0. The van der Waals surface area contributed by atoms with Crippen LogP contribution in [0.2, 0.25) is 0 Å². The molecule has 0 fully saturated rings. The van der Waals surface area contributed by atoms with Crippen molar-refractivity contribution in [3.8, 4) is 0 Å². The molecular formula is C8H15N3S2. The number of aromatic nitrogens is 1. The number of thioether (sulfide) groups is 1. The van der Waals surface area contributed by atoms with E-state index in [1.807, 2.05) is 6.92 Å². The Bertz CT molecular complexity index is 249. The zero-order valence-corrected chi connectivity index (χ0v) is 9.54. The molecule has 5 heteroatoms. The number of hydrogen-bond acceptors (Lipinski definition) is 5. The average molecular weight is 217 g/mol. The maximum Gasteiger partial charge on any atom is 0.0944 e. The Hall–Kier alpha value is -0.100. The molecule has 0 aliphatic rings. The van der Waals surface area contributed by atoms with Crippen LogP contribution in [0, 0.1) is 6.92 Å². The van der Waals surface area contributed by atoms with Crippen molar-refractivity contribution in [2.45, 2.75) is 19.4 Å². The van der Waals surface area contributed by atoms with Gasteiger partial charge >= 0.3 is 0 Å². The number of nitrogens with two attached hydrogens (primary N) is 1. The Morgan fingerprint density at radius 2 is 2.54 bits per heavy atom. The number of rotatable bonds is 5. The Kier molecular flexibility index (Phi) is 4.72. The van der Waals surface area contributed by atoms with Gasteiger partial charge < -0.3 is 0 Å². The van der Waals surface area contributed by atoms with Crippen molar-refractivity contribution in [2.75, 3.05) is 12.0 Å². The Labute approximate surface area is 87.1 Å². The highest BCUT2D eigenvalue weighted by atomic mass is 32.2. The maximum absolute atomic E-state index is 5.43. The molecular weight excluding hydrogens is 202 g/mol. The largest absolute Gasteiger partial charge is 0.271 e. The minimum absolute atomic E-state index is 0.334. The first-order chi connectivity index (χ1) is 6.26. The van der Waals surface area contributed by atoms with E-state index in [4.69, 9.17) is 5.84 Å². The first-order valence-electron chi connectivity index (χ1n) is 4.12. The molecule has 0 aromatic carbocycles. The SMILES string of the molecule is CSCC(Cc1nc(C)cs1)NN. The smallest absolute Gasteiger partial charge is 0.0944 e. The fourth-order valence-corrected chi connectivity index (χ4v) is 2.54. The summed E-state index contributed by atoms with van der Waals surface area (Å²) in [5, 5.41) is 3.23. The molecule has 13 heavy (non-hydrogen) atoms. The van der Waals surface area contributed by atoms with E-state index < -0.39 is 0 Å². The van der Waals surface area contributed by atoms with Crippen LogP contribution in [-0.2, 0) is 6.42 Å². The highest BCUT2D eigenvalue weighted by molar-refractivity contribution is 7.98. The number of hydrazine groups is 1. The summed E-state index contributed by atoms with van der Waals surface area (Å²) in [6.07, 6.45) is 3.01. The van der Waals surface area contributed by atoms with Crippen LogP contribution in [0.4, 0.5) is 0 Å². The van der Waals surface area contributed by atoms with Crippen LogP contribution in [0.5, 0.6) is 0 Å². The third-order valence-corrected chi connectivity index (χ3v) is 3.42. The molecule has 0 saturated carbocycles. The van der Waals surface area contributed by atoms with E-state index >= 15 is 0 Å². The summed E-state index contributed by atoms with van der Waals surface area (Å²) in [5.74, 6) is 6.45. The average Bonchev–Trinajstić information content (AvgIpc) is 2.50. The molecule has 0 amide bonds. The number of hydrogen-bond donors (Lipinski definition) is 2. The van der Waals surface area contributed by atoms with Gasteiger partial charge in [0.25, 0.3) is 0 Å². The fraction of sp³-hybridized carbons (Fsp3) is 0.625. The van der Waals surface area contributed by atoms with Crippen LogP contribution in [0.3, 0.4) is 0 Å². The number of nitrogens with one attached hydrogen (secondary N) is 1. The van der Waals surface area contributed by atoms with Gasteiger partial charge in [-0.15, -0.1) is 11.3 Å². The second kappa shape index (κ2) is 5.59. The highest BCUT2D eigenvalue weighted by Crippen LogP contribution is 2.12. The Balaban J connectivity index is 2.46. The number of thiazole rings is 1. The molecule has 3 N–H and O–H groups in total. The van der Waals surface area contributed by atoms with E-state index in [0.717, 1.165) is 22.9 Å². The molecule has 1 atom stereocenters. The molecule has 0 spiro atoms. The molecule has 1 unspecified atom stereocenters. The summed E-state index contributed by atoms with van der Waals surface area (Å²) in [4.78, 5) is 4.39. The Morgan fingerprint density at radius 3 is 3.00 bits per heavy atom. The van der Waals surface area contributed by atoms with E-state index in [1.54, 1.807) is 23.1 Å². The van der Waals surface area contributed by atoms with Crippen molar-refractivity contribution in [3.63, 3.8) is 0 Å². The lowest BCUT2D eigenvalue weighted by atomic mass is 10.2. The van der Waals surface area contributed by atoms with E-state index in [0.29, 0.717) is 6.04 Å². The topological polar surface area (TPSA) is 50.9 Å². The predicted octanol–water partition coefficient (Wildman–Crippen LogP) is 1.19. The van der Waals surface area contributed by atoms with Gasteiger partial charge in [0.15, 0.2) is 0 Å². The van der Waals surface area contributed by atoms with Gasteiger partial charge in [-0.25, -0.2) is 4.98 Å². The molecule has 0 saturated heterocycles. The standard InChI is InChI=1S/C8H15N3S2/c1-6-4-13-8(10-6)3-7(11-9)5-12-2/h4,7,11H,3,5,9H2,1-2H3. The van der Waals surface area contributed by atoms with E-state index in [-0.39, 0.29) is 0 Å². The number of aryl methyl sites for hydroxylation is 1. The lowest BCUT2D eigenvalue weighted by Crippen LogP contribution is -2.38. The molecule has 74 valence electrons. The quantitative estimate of drug-likeness (QED) is 0.574. The third-order valence-electron chi connectivity index (χ3n) is 1.69. The number of nitrogens with zero attached hydrogens (tertiary/aromatic N) is 1. The van der Waals surface area contributed by atoms with Gasteiger partial charge in [0.2, 0.25) is 0 Å². The van der Waals surface area contributed by atoms with E-state index in [2.05, 4.69) is 22.0 Å². The van der Waals surface area contributed by atoms with Crippen molar-refractivity contribution in [1.82, 2.24) is 10.4 Å². The van der Waals surface area contributed by atoms with Gasteiger partial charge in [-0.1, -0.05) is 0 Å². The van der Waals surface area contributed by atoms with Gasteiger partial charge in [0, 0.05) is 29.3 Å². The highest BCUT2D eigenvalue weighted by Gasteiger charge is 2.08. The minimum Gasteiger partial charge on any atom is -0.271 e. The summed E-state index contributed by atoms with van der Waals surface area (Å²) in [7, 11) is 0. The normalized spacial score (nSPS) is 13.2. The van der Waals surface area contributed by atoms with Gasteiger partial charge in [-0.05, 0) is 13.2 Å². The summed E-state index contributed by atoms with van der Waals surface area (Å²) in [6.45, 7) is 2.01. The van der Waals surface area contributed by atoms with Gasteiger partial charge in [0.1, 0.15) is 0 Å². The molecule has 1 aromatic heterocycles. The molecule has 1 heterocycles. The predicted molar refractivity (Wildman–Crippen MR) is 60.0 cm³/mol. The lowest BCUT2D eigenvalue weighted by molar-refractivity contribution is 0.574. The summed E-state index contributed by atoms with van der Waals surface area (Å²) < 4.78 is 0. The van der Waals surface area contributed by atoms with Crippen LogP contribution in [0.15, 0.2) is 5.38 Å². The van der Waals surface area contributed by atoms with E-state index in [1.165, 1.54) is 0 Å². The van der Waals surface area contributed by atoms with Crippen molar-refractivity contribution < 1.29 is 0 Å². The van der Waals surface area contributed by atoms with Crippen LogP contribution >= 0.6 is 23.1 Å². The van der Waals surface area contributed by atoms with Crippen LogP contribution in [0.25, 0.3) is 0 Å². The van der Waals surface area contributed by atoms with Gasteiger partial charge in [-0.2, -0.15) is 11.8 Å². The lowest BCUT2D eigenvalue weighted by Gasteiger charge is -2.11. The molecule has 3 nitrogen and oxygen atoms in total. The van der Waals surface area contributed by atoms with E-state index in [9.17, 15) is 0 Å². The second-order valence-corrected chi connectivity index (χ2v) is 4.76. The second-order valence-electron chi connectivity index (χ2n) is 2.91. The van der Waals surface area contributed by atoms with Crippen molar-refractivity contribution >= 4 is 23.1 Å². The van der Waals surface area contributed by atoms with Gasteiger partial charge in [0.05, 0.1) is 5.01 Å². The molecule has 0 radical (unpaired) electrons. The summed E-state index contributed by atoms with van der Waals surface area (Å²) >= 11 is 3.50. The van der Waals surface area contributed by atoms with Gasteiger partial charge in [-0.3, -0.25) is 11.3 Å². The zero-order valence-electron chi connectivity index (χ0n) is 7.91. The maximum atomic E-state index is 5.43. The van der Waals surface area contributed by atoms with Crippen LogP contribution in [-0.4, -0.2) is 23.0 Å². The van der Waals surface area contributed by atoms with Crippen molar-refractivity contribution in [3.05, 3.63) is 16.1 Å². The van der Waals surface area contributed by atoms with Crippen LogP contribution in [0.1, 0.15) is 10.7 Å². The fourth-order valence-electron chi connectivity index (χ4n) is 1.07. The molecule has 1 rings (SSSR count). The monoisotopic (exact) mass is 217 g/mol. The molecule has 0 bridgehead atoms. The third kappa shape index (κ3) is 3.64. The van der Waals surface area contributed by atoms with Crippen molar-refractivity contribution in [1.29, 1.82) is 0 Å². The van der Waals surface area contributed by atoms with Crippen LogP contribution < -0.4 is 11.3 Å². The molecule has 0 aliphatic carbocycles. The molecule has 0 aliphatic heterocycles.